The number of hydrogen-bond donors (Lipinski definition) is 0. The van der Waals surface area contributed by atoms with Gasteiger partial charge in [0.1, 0.15) is 0 Å². The molecule has 0 aromatic rings. The van der Waals surface area contributed by atoms with Crippen LogP contribution in [0.1, 0.15) is 52.4 Å². The number of rotatable bonds is 3. The van der Waals surface area contributed by atoms with Gasteiger partial charge in [0.25, 0.3) is 0 Å². The summed E-state index contributed by atoms with van der Waals surface area (Å²) >= 11 is 3.71. The van der Waals surface area contributed by atoms with E-state index in [1.807, 2.05) is 0 Å². The van der Waals surface area contributed by atoms with Gasteiger partial charge in [0, 0.05) is 4.83 Å². The zero-order chi connectivity index (χ0) is 8.32. The topological polar surface area (TPSA) is 0 Å². The molecule has 0 aliphatic heterocycles. The predicted octanol–water partition coefficient (Wildman–Crippen LogP) is 4.13. The molecule has 0 bridgehead atoms. The van der Waals surface area contributed by atoms with E-state index in [2.05, 4.69) is 29.8 Å². The first kappa shape index (κ1) is 9.57. The van der Waals surface area contributed by atoms with Crippen molar-refractivity contribution in [3.8, 4) is 0 Å². The van der Waals surface area contributed by atoms with Gasteiger partial charge in [0.2, 0.25) is 0 Å². The molecule has 1 aliphatic rings. The summed E-state index contributed by atoms with van der Waals surface area (Å²) in [5.41, 5.74) is 0.671. The fourth-order valence-electron chi connectivity index (χ4n) is 2.07. The highest BCUT2D eigenvalue weighted by Crippen LogP contribution is 2.44. The molecule has 0 nitrogen and oxygen atoms in total. The molecule has 0 saturated heterocycles. The highest BCUT2D eigenvalue weighted by molar-refractivity contribution is 9.09. The summed E-state index contributed by atoms with van der Waals surface area (Å²) in [5.74, 6) is 0. The molecule has 1 aliphatic carbocycles. The molecule has 0 radical (unpaired) electrons. The van der Waals surface area contributed by atoms with Crippen LogP contribution >= 0.6 is 15.9 Å². The minimum Gasteiger partial charge on any atom is -0.0890 e. The highest BCUT2D eigenvalue weighted by atomic mass is 79.9. The van der Waals surface area contributed by atoms with Crippen LogP contribution in [0, 0.1) is 5.41 Å². The van der Waals surface area contributed by atoms with Crippen LogP contribution in [0.3, 0.4) is 0 Å². The largest absolute Gasteiger partial charge is 0.0890 e. The average Bonchev–Trinajstić information content (AvgIpc) is 2.28. The zero-order valence-corrected chi connectivity index (χ0v) is 9.28. The van der Waals surface area contributed by atoms with E-state index in [4.69, 9.17) is 0 Å². The third-order valence-corrected chi connectivity index (χ3v) is 3.69. The van der Waals surface area contributed by atoms with Gasteiger partial charge in [-0.25, -0.2) is 0 Å². The first-order valence-electron chi connectivity index (χ1n) is 4.80. The van der Waals surface area contributed by atoms with Crippen molar-refractivity contribution in [1.82, 2.24) is 0 Å². The van der Waals surface area contributed by atoms with Crippen LogP contribution in [-0.4, -0.2) is 4.83 Å². The molecule has 0 heterocycles. The van der Waals surface area contributed by atoms with Crippen LogP contribution < -0.4 is 0 Å². The van der Waals surface area contributed by atoms with Crippen molar-refractivity contribution in [3.05, 3.63) is 0 Å². The lowest BCUT2D eigenvalue weighted by Gasteiger charge is -2.22. The molecule has 1 heteroatoms. The van der Waals surface area contributed by atoms with E-state index < -0.39 is 0 Å². The first-order valence-corrected chi connectivity index (χ1v) is 5.72. The summed E-state index contributed by atoms with van der Waals surface area (Å²) in [7, 11) is 0. The van der Waals surface area contributed by atoms with Crippen LogP contribution in [0.4, 0.5) is 0 Å². The molecule has 1 saturated carbocycles. The van der Waals surface area contributed by atoms with E-state index in [0.717, 1.165) is 4.83 Å². The van der Waals surface area contributed by atoms with Crippen molar-refractivity contribution in [2.45, 2.75) is 57.2 Å². The zero-order valence-electron chi connectivity index (χ0n) is 7.70. The van der Waals surface area contributed by atoms with Crippen LogP contribution in [-0.2, 0) is 0 Å². The average molecular weight is 219 g/mol. The Hall–Kier alpha value is 0.480. The molecule has 0 amide bonds. The van der Waals surface area contributed by atoms with Gasteiger partial charge in [-0.15, -0.1) is 0 Å². The summed E-state index contributed by atoms with van der Waals surface area (Å²) in [5, 5.41) is 0. The van der Waals surface area contributed by atoms with E-state index in [1.165, 1.54) is 38.5 Å². The van der Waals surface area contributed by atoms with Crippen molar-refractivity contribution < 1.29 is 0 Å². The van der Waals surface area contributed by atoms with E-state index in [1.54, 1.807) is 0 Å². The molecule has 0 spiro atoms. The lowest BCUT2D eigenvalue weighted by atomic mass is 9.83. The maximum Gasteiger partial charge on any atom is 0.0151 e. The van der Waals surface area contributed by atoms with Crippen LogP contribution in [0.5, 0.6) is 0 Å². The Morgan fingerprint density at radius 1 is 1.55 bits per heavy atom. The molecule has 0 aromatic carbocycles. The molecule has 2 unspecified atom stereocenters. The molecule has 0 aromatic heterocycles. The quantitative estimate of drug-likeness (QED) is 0.626. The Bertz CT molecular complexity index is 122. The lowest BCUT2D eigenvalue weighted by molar-refractivity contribution is 0.299. The fourth-order valence-corrected chi connectivity index (χ4v) is 3.09. The number of hydrogen-bond acceptors (Lipinski definition) is 0. The maximum atomic E-state index is 3.71. The Morgan fingerprint density at radius 3 is 2.73 bits per heavy atom. The molecular formula is C10H19Br. The lowest BCUT2D eigenvalue weighted by Crippen LogP contribution is -2.11. The first-order chi connectivity index (χ1) is 5.16. The van der Waals surface area contributed by atoms with Gasteiger partial charge >= 0.3 is 0 Å². The summed E-state index contributed by atoms with van der Waals surface area (Å²) in [6.07, 6.45) is 8.42. The third kappa shape index (κ3) is 2.77. The van der Waals surface area contributed by atoms with Crippen molar-refractivity contribution >= 4 is 15.9 Å². The summed E-state index contributed by atoms with van der Waals surface area (Å²) in [6, 6.07) is 0. The van der Waals surface area contributed by atoms with Gasteiger partial charge < -0.3 is 0 Å². The second-order valence-corrected chi connectivity index (χ2v) is 5.55. The molecular weight excluding hydrogens is 200 g/mol. The van der Waals surface area contributed by atoms with Crippen LogP contribution in [0.25, 0.3) is 0 Å². The van der Waals surface area contributed by atoms with Crippen LogP contribution in [0.2, 0.25) is 0 Å². The Balaban J connectivity index is 2.29. The second-order valence-electron chi connectivity index (χ2n) is 4.25. The highest BCUT2D eigenvalue weighted by Gasteiger charge is 2.32. The minimum atomic E-state index is 0.671. The number of unbranched alkanes of at least 4 members (excludes halogenated alkanes) is 1. The van der Waals surface area contributed by atoms with Crippen molar-refractivity contribution in [2.24, 2.45) is 5.41 Å². The third-order valence-electron chi connectivity index (χ3n) is 2.91. The van der Waals surface area contributed by atoms with Gasteiger partial charge in [0.15, 0.2) is 0 Å². The van der Waals surface area contributed by atoms with Crippen molar-refractivity contribution in [3.63, 3.8) is 0 Å². The smallest absolute Gasteiger partial charge is 0.0151 e. The monoisotopic (exact) mass is 218 g/mol. The Morgan fingerprint density at radius 2 is 2.27 bits per heavy atom. The van der Waals surface area contributed by atoms with E-state index >= 15 is 0 Å². The van der Waals surface area contributed by atoms with Gasteiger partial charge in [0.05, 0.1) is 0 Å². The summed E-state index contributed by atoms with van der Waals surface area (Å²) in [6.45, 7) is 4.73. The van der Waals surface area contributed by atoms with Crippen LogP contribution in [0.15, 0.2) is 0 Å². The molecule has 2 atom stereocenters. The standard InChI is InChI=1S/C10H19Br/c1-3-4-6-10(2)7-5-9(11)8-10/h9H,3-8H2,1-2H3. The number of halogens is 1. The maximum absolute atomic E-state index is 3.71. The molecule has 1 rings (SSSR count). The second kappa shape index (κ2) is 3.93. The van der Waals surface area contributed by atoms with Gasteiger partial charge in [-0.3, -0.25) is 0 Å². The molecule has 11 heavy (non-hydrogen) atoms. The Kier molecular flexibility index (Phi) is 3.42. The minimum absolute atomic E-state index is 0.671. The van der Waals surface area contributed by atoms with Gasteiger partial charge in [-0.2, -0.15) is 0 Å². The molecule has 0 N–H and O–H groups in total. The Labute approximate surface area is 78.9 Å². The van der Waals surface area contributed by atoms with E-state index in [-0.39, 0.29) is 0 Å². The van der Waals surface area contributed by atoms with Crippen molar-refractivity contribution in [1.29, 1.82) is 0 Å². The predicted molar refractivity (Wildman–Crippen MR) is 54.2 cm³/mol. The molecule has 66 valence electrons. The van der Waals surface area contributed by atoms with E-state index in [9.17, 15) is 0 Å². The molecule has 1 fully saturated rings. The number of alkyl halides is 1. The van der Waals surface area contributed by atoms with E-state index in [0.29, 0.717) is 5.41 Å². The summed E-state index contributed by atoms with van der Waals surface area (Å²) < 4.78 is 0. The summed E-state index contributed by atoms with van der Waals surface area (Å²) in [4.78, 5) is 0.810. The SMILES string of the molecule is CCCCC1(C)CCC(Br)C1. The van der Waals surface area contributed by atoms with Gasteiger partial charge in [-0.1, -0.05) is 42.6 Å². The normalized spacial score (nSPS) is 37.9. The van der Waals surface area contributed by atoms with Crippen molar-refractivity contribution in [2.75, 3.05) is 0 Å². The van der Waals surface area contributed by atoms with Gasteiger partial charge in [-0.05, 0) is 31.1 Å². The fraction of sp³-hybridized carbons (Fsp3) is 1.00.